The topological polar surface area (TPSA) is 77.1 Å². The van der Waals surface area contributed by atoms with E-state index < -0.39 is 0 Å². The molecule has 2 aromatic heterocycles. The largest absolute Gasteiger partial charge is 0.441 e. The van der Waals surface area contributed by atoms with Gasteiger partial charge in [0.15, 0.2) is 0 Å². The number of nitrogens with zero attached hydrogens (tertiary/aromatic N) is 2. The average molecular weight is 365 g/mol. The lowest BCUT2D eigenvalue weighted by molar-refractivity contribution is -0.120. The Morgan fingerprint density at radius 1 is 1.11 bits per heavy atom. The van der Waals surface area contributed by atoms with Gasteiger partial charge in [0.25, 0.3) is 5.56 Å². The summed E-state index contributed by atoms with van der Waals surface area (Å²) < 4.78 is 7.39. The first-order valence-corrected chi connectivity index (χ1v) is 8.99. The lowest BCUT2D eigenvalue weighted by Crippen LogP contribution is -2.28. The molecule has 0 fully saturated rings. The Hall–Kier alpha value is -3.15. The molecule has 3 rings (SSSR count). The Labute approximate surface area is 157 Å². The molecule has 0 aliphatic carbocycles. The molecule has 3 aromatic rings. The number of carbonyl (C=O) groups excluding carboxylic acids is 1. The van der Waals surface area contributed by atoms with Crippen molar-refractivity contribution >= 4 is 5.91 Å². The maximum atomic E-state index is 12.2. The number of amides is 1. The van der Waals surface area contributed by atoms with E-state index in [0.717, 1.165) is 11.3 Å². The molecule has 27 heavy (non-hydrogen) atoms. The molecule has 0 radical (unpaired) electrons. The summed E-state index contributed by atoms with van der Waals surface area (Å²) in [6, 6.07) is 14.8. The molecule has 1 amide bonds. The molecule has 6 heteroatoms. The van der Waals surface area contributed by atoms with E-state index >= 15 is 0 Å². The predicted molar refractivity (Wildman–Crippen MR) is 103 cm³/mol. The van der Waals surface area contributed by atoms with Crippen LogP contribution in [0, 0.1) is 13.8 Å². The quantitative estimate of drug-likeness (QED) is 0.653. The van der Waals surface area contributed by atoms with E-state index in [0.29, 0.717) is 36.9 Å². The Morgan fingerprint density at radius 3 is 2.63 bits per heavy atom. The van der Waals surface area contributed by atoms with Gasteiger partial charge in [-0.1, -0.05) is 24.3 Å². The summed E-state index contributed by atoms with van der Waals surface area (Å²) in [5, 5.41) is 2.88. The predicted octanol–water partition coefficient (Wildman–Crippen LogP) is 2.87. The second kappa shape index (κ2) is 8.49. The van der Waals surface area contributed by atoms with Crippen LogP contribution in [0.4, 0.5) is 0 Å². The molecule has 0 aliphatic heterocycles. The Kier molecular flexibility index (Phi) is 5.86. The molecule has 0 bridgehead atoms. The van der Waals surface area contributed by atoms with Crippen molar-refractivity contribution in [1.29, 1.82) is 0 Å². The molecule has 0 atom stereocenters. The van der Waals surface area contributed by atoms with E-state index in [1.165, 1.54) is 0 Å². The molecule has 0 saturated carbocycles. The minimum Gasteiger partial charge on any atom is -0.441 e. The SMILES string of the molecule is Cc1oc(-c2ccccc2)nc1CC(=O)NCCCn1c(C)cccc1=O. The van der Waals surface area contributed by atoms with Crippen molar-refractivity contribution in [2.75, 3.05) is 6.54 Å². The fourth-order valence-corrected chi connectivity index (χ4v) is 2.89. The number of pyridine rings is 1. The number of aryl methyl sites for hydroxylation is 2. The fourth-order valence-electron chi connectivity index (χ4n) is 2.89. The smallest absolute Gasteiger partial charge is 0.250 e. The molecule has 0 spiro atoms. The van der Waals surface area contributed by atoms with Gasteiger partial charge in [-0.05, 0) is 38.5 Å². The lowest BCUT2D eigenvalue weighted by Gasteiger charge is -2.09. The van der Waals surface area contributed by atoms with Gasteiger partial charge < -0.3 is 14.3 Å². The molecule has 0 saturated heterocycles. The zero-order valence-corrected chi connectivity index (χ0v) is 15.6. The van der Waals surface area contributed by atoms with Crippen LogP contribution >= 0.6 is 0 Å². The zero-order chi connectivity index (χ0) is 19.2. The van der Waals surface area contributed by atoms with Crippen molar-refractivity contribution in [3.8, 4) is 11.5 Å². The van der Waals surface area contributed by atoms with Gasteiger partial charge in [-0.2, -0.15) is 0 Å². The number of hydrogen-bond acceptors (Lipinski definition) is 4. The summed E-state index contributed by atoms with van der Waals surface area (Å²) in [7, 11) is 0. The van der Waals surface area contributed by atoms with Crippen LogP contribution in [-0.4, -0.2) is 22.0 Å². The highest BCUT2D eigenvalue weighted by Gasteiger charge is 2.14. The maximum absolute atomic E-state index is 12.2. The number of aromatic nitrogens is 2. The van der Waals surface area contributed by atoms with E-state index in [4.69, 9.17) is 4.42 Å². The average Bonchev–Trinajstić information content (AvgIpc) is 3.02. The third-order valence-electron chi connectivity index (χ3n) is 4.39. The molecule has 0 unspecified atom stereocenters. The number of carbonyl (C=O) groups is 1. The summed E-state index contributed by atoms with van der Waals surface area (Å²) in [5.74, 6) is 1.06. The van der Waals surface area contributed by atoms with Crippen LogP contribution in [0.5, 0.6) is 0 Å². The number of rotatable bonds is 7. The molecule has 2 heterocycles. The van der Waals surface area contributed by atoms with Crippen LogP contribution in [0.1, 0.15) is 23.6 Å². The summed E-state index contributed by atoms with van der Waals surface area (Å²) in [4.78, 5) is 28.5. The molecular weight excluding hydrogens is 342 g/mol. The number of oxazole rings is 1. The molecule has 1 N–H and O–H groups in total. The summed E-state index contributed by atoms with van der Waals surface area (Å²) >= 11 is 0. The van der Waals surface area contributed by atoms with Crippen LogP contribution in [0.25, 0.3) is 11.5 Å². The number of nitrogens with one attached hydrogen (secondary N) is 1. The fraction of sp³-hybridized carbons (Fsp3) is 0.286. The number of hydrogen-bond donors (Lipinski definition) is 1. The molecular formula is C21H23N3O3. The summed E-state index contributed by atoms with van der Waals surface area (Å²) in [5.41, 5.74) is 2.42. The molecule has 1 aromatic carbocycles. The van der Waals surface area contributed by atoms with Crippen molar-refractivity contribution in [2.45, 2.75) is 33.2 Å². The first kappa shape index (κ1) is 18.6. The highest BCUT2D eigenvalue weighted by atomic mass is 16.4. The van der Waals surface area contributed by atoms with Crippen LogP contribution in [0.15, 0.2) is 57.7 Å². The van der Waals surface area contributed by atoms with Crippen molar-refractivity contribution in [3.05, 3.63) is 76.0 Å². The standard InChI is InChI=1S/C21H23N3O3/c1-15-8-6-11-20(26)24(15)13-7-12-22-19(25)14-18-16(2)27-21(23-18)17-9-4-3-5-10-17/h3-6,8-11H,7,12-14H2,1-2H3,(H,22,25). The Bertz CT molecular complexity index is 974. The van der Waals surface area contributed by atoms with E-state index in [9.17, 15) is 9.59 Å². The van der Waals surface area contributed by atoms with E-state index in [2.05, 4.69) is 10.3 Å². The lowest BCUT2D eigenvalue weighted by atomic mass is 10.2. The van der Waals surface area contributed by atoms with Crippen molar-refractivity contribution in [2.24, 2.45) is 0 Å². The normalized spacial score (nSPS) is 10.7. The summed E-state index contributed by atoms with van der Waals surface area (Å²) in [6.07, 6.45) is 0.857. The van der Waals surface area contributed by atoms with Crippen molar-refractivity contribution < 1.29 is 9.21 Å². The zero-order valence-electron chi connectivity index (χ0n) is 15.6. The summed E-state index contributed by atoms with van der Waals surface area (Å²) in [6.45, 7) is 4.79. The van der Waals surface area contributed by atoms with E-state index in [-0.39, 0.29) is 17.9 Å². The third kappa shape index (κ3) is 4.73. The third-order valence-corrected chi connectivity index (χ3v) is 4.39. The highest BCUT2D eigenvalue weighted by Crippen LogP contribution is 2.21. The van der Waals surface area contributed by atoms with Crippen LogP contribution in [0.3, 0.4) is 0 Å². The number of benzene rings is 1. The molecule has 6 nitrogen and oxygen atoms in total. The van der Waals surface area contributed by atoms with Crippen molar-refractivity contribution in [1.82, 2.24) is 14.9 Å². The van der Waals surface area contributed by atoms with E-state index in [1.54, 1.807) is 16.7 Å². The molecule has 140 valence electrons. The van der Waals surface area contributed by atoms with Gasteiger partial charge in [0.1, 0.15) is 5.76 Å². The maximum Gasteiger partial charge on any atom is 0.250 e. The van der Waals surface area contributed by atoms with Gasteiger partial charge in [0.05, 0.1) is 12.1 Å². The second-order valence-corrected chi connectivity index (χ2v) is 6.43. The Balaban J connectivity index is 1.51. The monoisotopic (exact) mass is 365 g/mol. The van der Waals surface area contributed by atoms with Gasteiger partial charge in [0, 0.05) is 30.4 Å². The first-order valence-electron chi connectivity index (χ1n) is 8.99. The van der Waals surface area contributed by atoms with Crippen LogP contribution in [-0.2, 0) is 17.8 Å². The minimum atomic E-state index is -0.108. The van der Waals surface area contributed by atoms with Gasteiger partial charge in [-0.15, -0.1) is 0 Å². The first-order chi connectivity index (χ1) is 13.0. The van der Waals surface area contributed by atoms with Crippen molar-refractivity contribution in [3.63, 3.8) is 0 Å². The van der Waals surface area contributed by atoms with Gasteiger partial charge in [-0.3, -0.25) is 9.59 Å². The van der Waals surface area contributed by atoms with Gasteiger partial charge in [0.2, 0.25) is 11.8 Å². The van der Waals surface area contributed by atoms with Gasteiger partial charge >= 0.3 is 0 Å². The second-order valence-electron chi connectivity index (χ2n) is 6.43. The minimum absolute atomic E-state index is 0.0204. The highest BCUT2D eigenvalue weighted by molar-refractivity contribution is 5.78. The van der Waals surface area contributed by atoms with Gasteiger partial charge in [-0.25, -0.2) is 4.98 Å². The molecule has 0 aliphatic rings. The van der Waals surface area contributed by atoms with Crippen LogP contribution < -0.4 is 10.9 Å². The Morgan fingerprint density at radius 2 is 1.89 bits per heavy atom. The van der Waals surface area contributed by atoms with Crippen LogP contribution in [0.2, 0.25) is 0 Å². The van der Waals surface area contributed by atoms with E-state index in [1.807, 2.05) is 50.2 Å².